The number of hydrogen-bond donors (Lipinski definition) is 0. The van der Waals surface area contributed by atoms with Crippen molar-refractivity contribution in [1.82, 2.24) is 4.40 Å². The standard InChI is InChI=1S/C17H11NO/c19-11-14-6-3-5-12-8-9-18-15-7-2-1-4-13(15)10-16(18)17(12)14/h1-11H. The fraction of sp³-hybridized carbons (Fsp3) is 0. The molecule has 2 aromatic heterocycles. The predicted octanol–water partition coefficient (Wildman–Crippen LogP) is 4.06. The van der Waals surface area contributed by atoms with Crippen molar-refractivity contribution in [2.24, 2.45) is 0 Å². The third kappa shape index (κ3) is 1.34. The lowest BCUT2D eigenvalue weighted by Gasteiger charge is -2.04. The topological polar surface area (TPSA) is 21.5 Å². The average Bonchev–Trinajstić information content (AvgIpc) is 2.85. The van der Waals surface area contributed by atoms with Crippen LogP contribution in [0.4, 0.5) is 0 Å². The maximum absolute atomic E-state index is 11.3. The minimum atomic E-state index is 0.742. The van der Waals surface area contributed by atoms with Gasteiger partial charge < -0.3 is 4.40 Å². The summed E-state index contributed by atoms with van der Waals surface area (Å²) >= 11 is 0. The Morgan fingerprint density at radius 1 is 0.842 bits per heavy atom. The largest absolute Gasteiger partial charge is 0.316 e. The summed E-state index contributed by atoms with van der Waals surface area (Å²) in [5.41, 5.74) is 2.99. The molecule has 0 amide bonds. The molecule has 90 valence electrons. The van der Waals surface area contributed by atoms with Crippen LogP contribution in [0.2, 0.25) is 0 Å². The van der Waals surface area contributed by atoms with Crippen molar-refractivity contribution in [3.05, 3.63) is 66.4 Å². The van der Waals surface area contributed by atoms with Gasteiger partial charge in [0.15, 0.2) is 6.29 Å². The lowest BCUT2D eigenvalue weighted by molar-refractivity contribution is 0.112. The third-order valence-corrected chi connectivity index (χ3v) is 3.66. The highest BCUT2D eigenvalue weighted by Crippen LogP contribution is 2.28. The summed E-state index contributed by atoms with van der Waals surface area (Å²) in [5, 5.41) is 3.31. The molecule has 2 aromatic carbocycles. The molecular formula is C17H11NO. The van der Waals surface area contributed by atoms with Gasteiger partial charge in [-0.3, -0.25) is 4.79 Å². The quantitative estimate of drug-likeness (QED) is 0.463. The molecule has 0 fully saturated rings. The average molecular weight is 245 g/mol. The smallest absolute Gasteiger partial charge is 0.150 e. The Kier molecular flexibility index (Phi) is 2.00. The number of hydrogen-bond acceptors (Lipinski definition) is 1. The molecule has 4 rings (SSSR count). The van der Waals surface area contributed by atoms with E-state index in [9.17, 15) is 4.79 Å². The van der Waals surface area contributed by atoms with E-state index in [2.05, 4.69) is 34.9 Å². The van der Waals surface area contributed by atoms with Crippen molar-refractivity contribution in [1.29, 1.82) is 0 Å². The zero-order chi connectivity index (χ0) is 12.8. The third-order valence-electron chi connectivity index (χ3n) is 3.66. The van der Waals surface area contributed by atoms with Crippen LogP contribution in [0.1, 0.15) is 10.4 Å². The maximum Gasteiger partial charge on any atom is 0.150 e. The SMILES string of the molecule is O=Cc1cccc2ccn3c4ccccc4cc3c12. The van der Waals surface area contributed by atoms with Gasteiger partial charge in [0, 0.05) is 22.5 Å². The molecule has 0 saturated carbocycles. The summed E-state index contributed by atoms with van der Waals surface area (Å²) < 4.78 is 2.14. The van der Waals surface area contributed by atoms with Crippen LogP contribution in [0, 0.1) is 0 Å². The molecule has 0 aliphatic heterocycles. The first-order valence-corrected chi connectivity index (χ1v) is 6.25. The molecule has 0 atom stereocenters. The highest BCUT2D eigenvalue weighted by atomic mass is 16.1. The van der Waals surface area contributed by atoms with Gasteiger partial charge in [-0.15, -0.1) is 0 Å². The van der Waals surface area contributed by atoms with E-state index in [0.29, 0.717) is 0 Å². The second-order valence-corrected chi connectivity index (χ2v) is 4.70. The number of pyridine rings is 1. The van der Waals surface area contributed by atoms with Crippen LogP contribution in [0.25, 0.3) is 27.2 Å². The van der Waals surface area contributed by atoms with Crippen molar-refractivity contribution in [2.75, 3.05) is 0 Å². The van der Waals surface area contributed by atoms with Crippen molar-refractivity contribution in [3.8, 4) is 0 Å². The van der Waals surface area contributed by atoms with Gasteiger partial charge in [0.25, 0.3) is 0 Å². The molecule has 0 N–H and O–H groups in total. The van der Waals surface area contributed by atoms with Crippen molar-refractivity contribution in [3.63, 3.8) is 0 Å². The van der Waals surface area contributed by atoms with E-state index in [4.69, 9.17) is 0 Å². The predicted molar refractivity (Wildman–Crippen MR) is 77.8 cm³/mol. The molecular weight excluding hydrogens is 234 g/mol. The van der Waals surface area contributed by atoms with E-state index in [1.54, 1.807) is 0 Å². The number of carbonyl (C=O) groups excluding carboxylic acids is 1. The summed E-state index contributed by atoms with van der Waals surface area (Å²) in [4.78, 5) is 11.3. The summed E-state index contributed by atoms with van der Waals surface area (Å²) in [6, 6.07) is 18.3. The second kappa shape index (κ2) is 3.69. The summed E-state index contributed by atoms with van der Waals surface area (Å²) in [6.07, 6.45) is 2.99. The van der Waals surface area contributed by atoms with Crippen molar-refractivity contribution in [2.45, 2.75) is 0 Å². The second-order valence-electron chi connectivity index (χ2n) is 4.70. The highest BCUT2D eigenvalue weighted by molar-refractivity contribution is 6.09. The van der Waals surface area contributed by atoms with Crippen LogP contribution < -0.4 is 0 Å². The van der Waals surface area contributed by atoms with Crippen LogP contribution in [0.5, 0.6) is 0 Å². The van der Waals surface area contributed by atoms with E-state index in [1.807, 2.05) is 30.3 Å². The van der Waals surface area contributed by atoms with Crippen LogP contribution in [0.3, 0.4) is 0 Å². The summed E-state index contributed by atoms with van der Waals surface area (Å²) in [5.74, 6) is 0. The van der Waals surface area contributed by atoms with E-state index in [1.165, 1.54) is 10.9 Å². The molecule has 0 aliphatic rings. The molecule has 0 unspecified atom stereocenters. The van der Waals surface area contributed by atoms with Crippen LogP contribution >= 0.6 is 0 Å². The number of aldehydes is 1. The summed E-state index contributed by atoms with van der Waals surface area (Å²) in [6.45, 7) is 0. The number of carbonyl (C=O) groups is 1. The minimum Gasteiger partial charge on any atom is -0.316 e. The van der Waals surface area contributed by atoms with Gasteiger partial charge in [-0.25, -0.2) is 0 Å². The number of fused-ring (bicyclic) bond motifs is 5. The number of para-hydroxylation sites is 1. The lowest BCUT2D eigenvalue weighted by Crippen LogP contribution is -1.89. The van der Waals surface area contributed by atoms with Gasteiger partial charge in [0.05, 0.1) is 11.0 Å². The van der Waals surface area contributed by atoms with Gasteiger partial charge in [-0.2, -0.15) is 0 Å². The molecule has 19 heavy (non-hydrogen) atoms. The van der Waals surface area contributed by atoms with Gasteiger partial charge in [0.1, 0.15) is 0 Å². The Labute approximate surface area is 109 Å². The van der Waals surface area contributed by atoms with Gasteiger partial charge in [-0.05, 0) is 23.6 Å². The Bertz CT molecular complexity index is 934. The maximum atomic E-state index is 11.3. The minimum absolute atomic E-state index is 0.742. The lowest BCUT2D eigenvalue weighted by atomic mass is 10.1. The highest BCUT2D eigenvalue weighted by Gasteiger charge is 2.08. The van der Waals surface area contributed by atoms with E-state index in [-0.39, 0.29) is 0 Å². The molecule has 4 aromatic rings. The van der Waals surface area contributed by atoms with E-state index < -0.39 is 0 Å². The first kappa shape index (κ1) is 10.3. The van der Waals surface area contributed by atoms with Gasteiger partial charge in [0.2, 0.25) is 0 Å². The molecule has 2 nitrogen and oxygen atoms in total. The molecule has 0 spiro atoms. The Hall–Kier alpha value is -2.61. The number of nitrogens with zero attached hydrogens (tertiary/aromatic N) is 1. The van der Waals surface area contributed by atoms with Crippen molar-refractivity contribution < 1.29 is 4.79 Å². The van der Waals surface area contributed by atoms with E-state index >= 15 is 0 Å². The number of aromatic nitrogens is 1. The zero-order valence-corrected chi connectivity index (χ0v) is 10.2. The summed E-state index contributed by atoms with van der Waals surface area (Å²) in [7, 11) is 0. The van der Waals surface area contributed by atoms with Crippen molar-refractivity contribution >= 4 is 33.5 Å². The zero-order valence-electron chi connectivity index (χ0n) is 10.2. The number of rotatable bonds is 1. The van der Waals surface area contributed by atoms with Crippen LogP contribution in [0.15, 0.2) is 60.8 Å². The molecule has 0 radical (unpaired) electrons. The fourth-order valence-corrected chi connectivity index (χ4v) is 2.81. The first-order chi connectivity index (χ1) is 9.38. The van der Waals surface area contributed by atoms with Crippen LogP contribution in [-0.2, 0) is 0 Å². The van der Waals surface area contributed by atoms with Crippen LogP contribution in [-0.4, -0.2) is 10.7 Å². The Balaban J connectivity index is 2.34. The van der Waals surface area contributed by atoms with Gasteiger partial charge in [-0.1, -0.05) is 36.4 Å². The molecule has 2 heterocycles. The first-order valence-electron chi connectivity index (χ1n) is 6.25. The molecule has 0 bridgehead atoms. The number of benzene rings is 2. The molecule has 0 aliphatic carbocycles. The Morgan fingerprint density at radius 3 is 2.58 bits per heavy atom. The molecule has 2 heteroatoms. The molecule has 0 saturated heterocycles. The van der Waals surface area contributed by atoms with Gasteiger partial charge >= 0.3 is 0 Å². The monoisotopic (exact) mass is 245 g/mol. The fourth-order valence-electron chi connectivity index (χ4n) is 2.81. The van der Waals surface area contributed by atoms with E-state index in [0.717, 1.165) is 28.1 Å². The normalized spacial score (nSPS) is 11.4. The Morgan fingerprint density at radius 2 is 1.68 bits per heavy atom.